The quantitative estimate of drug-likeness (QED) is 0.756. The first-order valence-corrected chi connectivity index (χ1v) is 9.57. The van der Waals surface area contributed by atoms with E-state index in [9.17, 15) is 14.4 Å². The SMILES string of the molecule is COC(=O)c1ccc(NC(=O)CSC2=N[C@H](c3ccccc3)CC(=O)N2)cc1. The first-order chi connectivity index (χ1) is 13.5. The molecule has 28 heavy (non-hydrogen) atoms. The van der Waals surface area contributed by atoms with Gasteiger partial charge in [-0.05, 0) is 29.8 Å². The molecule has 1 heterocycles. The van der Waals surface area contributed by atoms with Crippen LogP contribution in [-0.2, 0) is 14.3 Å². The number of nitrogens with one attached hydrogen (secondary N) is 2. The van der Waals surface area contributed by atoms with Crippen molar-refractivity contribution in [3.63, 3.8) is 0 Å². The molecule has 2 aromatic carbocycles. The Hall–Kier alpha value is -3.13. The minimum atomic E-state index is -0.438. The number of methoxy groups -OCH3 is 1. The van der Waals surface area contributed by atoms with Crippen LogP contribution in [0.4, 0.5) is 5.69 Å². The molecule has 0 aromatic heterocycles. The van der Waals surface area contributed by atoms with Gasteiger partial charge in [0.2, 0.25) is 11.8 Å². The minimum absolute atomic E-state index is 0.0966. The van der Waals surface area contributed by atoms with Gasteiger partial charge < -0.3 is 15.4 Å². The Balaban J connectivity index is 1.57. The largest absolute Gasteiger partial charge is 0.465 e. The summed E-state index contributed by atoms with van der Waals surface area (Å²) < 4.78 is 4.63. The molecule has 0 spiro atoms. The second-order valence-electron chi connectivity index (χ2n) is 6.02. The van der Waals surface area contributed by atoms with Gasteiger partial charge in [-0.25, -0.2) is 4.79 Å². The van der Waals surface area contributed by atoms with E-state index in [1.165, 1.54) is 18.9 Å². The maximum Gasteiger partial charge on any atom is 0.337 e. The lowest BCUT2D eigenvalue weighted by molar-refractivity contribution is -0.120. The second kappa shape index (κ2) is 9.18. The van der Waals surface area contributed by atoms with Gasteiger partial charge in [-0.1, -0.05) is 42.1 Å². The standard InChI is InChI=1S/C20H19N3O4S/c1-27-19(26)14-7-9-15(10-8-14)21-18(25)12-28-20-22-16(11-17(24)23-20)13-5-3-2-4-6-13/h2-10,16H,11-12H2,1H3,(H,21,25)(H,22,23,24)/t16-/m0/s1. The fourth-order valence-corrected chi connectivity index (χ4v) is 3.37. The third kappa shape index (κ3) is 5.20. The van der Waals surface area contributed by atoms with Crippen LogP contribution in [0.2, 0.25) is 0 Å². The van der Waals surface area contributed by atoms with Crippen LogP contribution in [0.1, 0.15) is 28.4 Å². The maximum absolute atomic E-state index is 12.2. The van der Waals surface area contributed by atoms with E-state index in [2.05, 4.69) is 20.4 Å². The molecule has 0 fully saturated rings. The molecule has 0 radical (unpaired) electrons. The molecule has 0 aliphatic carbocycles. The van der Waals surface area contributed by atoms with Gasteiger partial charge in [0.15, 0.2) is 5.17 Å². The van der Waals surface area contributed by atoms with Crippen LogP contribution in [0.5, 0.6) is 0 Å². The van der Waals surface area contributed by atoms with Crippen molar-refractivity contribution in [2.75, 3.05) is 18.2 Å². The zero-order chi connectivity index (χ0) is 19.9. The summed E-state index contributed by atoms with van der Waals surface area (Å²) in [6.45, 7) is 0. The first kappa shape index (κ1) is 19.6. The minimum Gasteiger partial charge on any atom is -0.465 e. The highest BCUT2D eigenvalue weighted by atomic mass is 32.2. The van der Waals surface area contributed by atoms with Crippen molar-refractivity contribution in [3.05, 3.63) is 65.7 Å². The van der Waals surface area contributed by atoms with E-state index in [1.807, 2.05) is 30.3 Å². The molecule has 8 heteroatoms. The van der Waals surface area contributed by atoms with Gasteiger partial charge in [0.05, 0.1) is 30.9 Å². The molecule has 7 nitrogen and oxygen atoms in total. The topological polar surface area (TPSA) is 96.9 Å². The van der Waals surface area contributed by atoms with E-state index in [0.29, 0.717) is 16.4 Å². The number of esters is 1. The number of thioether (sulfide) groups is 1. The molecule has 144 valence electrons. The number of carbonyl (C=O) groups excluding carboxylic acids is 3. The van der Waals surface area contributed by atoms with Gasteiger partial charge >= 0.3 is 5.97 Å². The van der Waals surface area contributed by atoms with Gasteiger partial charge in [0, 0.05) is 5.69 Å². The highest BCUT2D eigenvalue weighted by Gasteiger charge is 2.23. The molecule has 0 bridgehead atoms. The molecule has 2 amide bonds. The molecule has 0 unspecified atom stereocenters. The highest BCUT2D eigenvalue weighted by Crippen LogP contribution is 2.25. The number of ether oxygens (including phenoxy) is 1. The van der Waals surface area contributed by atoms with Crippen LogP contribution in [0, 0.1) is 0 Å². The molecule has 1 aliphatic heterocycles. The third-order valence-electron chi connectivity index (χ3n) is 4.01. The second-order valence-corrected chi connectivity index (χ2v) is 6.98. The van der Waals surface area contributed by atoms with Gasteiger partial charge in [0.1, 0.15) is 0 Å². The summed E-state index contributed by atoms with van der Waals surface area (Å²) in [6, 6.07) is 15.7. The number of hydrogen-bond donors (Lipinski definition) is 2. The Kier molecular flexibility index (Phi) is 6.44. The van der Waals surface area contributed by atoms with Crippen LogP contribution in [0.15, 0.2) is 59.6 Å². The number of hydrogen-bond acceptors (Lipinski definition) is 6. The Bertz CT molecular complexity index is 897. The average molecular weight is 397 g/mol. The smallest absolute Gasteiger partial charge is 0.337 e. The van der Waals surface area contributed by atoms with E-state index < -0.39 is 5.97 Å². The van der Waals surface area contributed by atoms with E-state index in [0.717, 1.165) is 5.56 Å². The number of amides is 2. The molecule has 1 aliphatic rings. The third-order valence-corrected chi connectivity index (χ3v) is 4.90. The summed E-state index contributed by atoms with van der Waals surface area (Å²) in [5, 5.41) is 5.88. The fraction of sp³-hybridized carbons (Fsp3) is 0.200. The van der Waals surface area contributed by atoms with Crippen LogP contribution in [-0.4, -0.2) is 35.8 Å². The van der Waals surface area contributed by atoms with Crippen LogP contribution < -0.4 is 10.6 Å². The van der Waals surface area contributed by atoms with Gasteiger partial charge in [0.25, 0.3) is 0 Å². The molecule has 1 atom stereocenters. The van der Waals surface area contributed by atoms with E-state index >= 15 is 0 Å². The number of nitrogens with zero attached hydrogens (tertiary/aromatic N) is 1. The summed E-state index contributed by atoms with van der Waals surface area (Å²) in [5.74, 6) is -0.702. The Labute approximate surface area is 166 Å². The lowest BCUT2D eigenvalue weighted by Gasteiger charge is -2.20. The lowest BCUT2D eigenvalue weighted by atomic mass is 10.0. The van der Waals surface area contributed by atoms with Crippen molar-refractivity contribution in [1.29, 1.82) is 0 Å². The number of rotatable bonds is 5. The average Bonchev–Trinajstić information content (AvgIpc) is 2.72. The van der Waals surface area contributed by atoms with Crippen molar-refractivity contribution in [2.24, 2.45) is 4.99 Å². The maximum atomic E-state index is 12.2. The van der Waals surface area contributed by atoms with E-state index in [1.54, 1.807) is 24.3 Å². The Morgan fingerprint density at radius 1 is 1.18 bits per heavy atom. The zero-order valence-corrected chi connectivity index (χ0v) is 16.0. The van der Waals surface area contributed by atoms with E-state index in [4.69, 9.17) is 0 Å². The number of benzene rings is 2. The number of amidine groups is 1. The molecule has 0 saturated carbocycles. The Morgan fingerprint density at radius 2 is 1.89 bits per heavy atom. The number of anilines is 1. The van der Waals surface area contributed by atoms with Crippen LogP contribution in [0.3, 0.4) is 0 Å². The van der Waals surface area contributed by atoms with Crippen molar-refractivity contribution < 1.29 is 19.1 Å². The predicted octanol–water partition coefficient (Wildman–Crippen LogP) is 2.76. The molecule has 2 N–H and O–H groups in total. The molecule has 0 saturated heterocycles. The molecule has 3 rings (SSSR count). The van der Waals surface area contributed by atoms with Gasteiger partial charge in [-0.15, -0.1) is 0 Å². The van der Waals surface area contributed by atoms with Crippen LogP contribution >= 0.6 is 11.8 Å². The Morgan fingerprint density at radius 3 is 2.57 bits per heavy atom. The highest BCUT2D eigenvalue weighted by molar-refractivity contribution is 8.14. The normalized spacial score (nSPS) is 16.0. The first-order valence-electron chi connectivity index (χ1n) is 8.59. The summed E-state index contributed by atoms with van der Waals surface area (Å²) >= 11 is 1.17. The summed E-state index contributed by atoms with van der Waals surface area (Å²) in [5.41, 5.74) is 1.93. The van der Waals surface area contributed by atoms with Crippen molar-refractivity contribution in [3.8, 4) is 0 Å². The summed E-state index contributed by atoms with van der Waals surface area (Å²) in [7, 11) is 1.31. The number of aliphatic imine (C=N–C) groups is 1. The van der Waals surface area contributed by atoms with Gasteiger partial charge in [-0.2, -0.15) is 0 Å². The van der Waals surface area contributed by atoms with Gasteiger partial charge in [-0.3, -0.25) is 14.6 Å². The fourth-order valence-electron chi connectivity index (χ4n) is 2.64. The van der Waals surface area contributed by atoms with Crippen molar-refractivity contribution >= 4 is 40.4 Å². The zero-order valence-electron chi connectivity index (χ0n) is 15.2. The van der Waals surface area contributed by atoms with E-state index in [-0.39, 0.29) is 30.0 Å². The number of carbonyl (C=O) groups is 3. The van der Waals surface area contributed by atoms with Crippen LogP contribution in [0.25, 0.3) is 0 Å². The summed E-state index contributed by atoms with van der Waals surface area (Å²) in [6.07, 6.45) is 0.285. The monoisotopic (exact) mass is 397 g/mol. The van der Waals surface area contributed by atoms with Crippen molar-refractivity contribution in [1.82, 2.24) is 5.32 Å². The summed E-state index contributed by atoms with van der Waals surface area (Å²) in [4.78, 5) is 40.1. The molecule has 2 aromatic rings. The van der Waals surface area contributed by atoms with Crippen molar-refractivity contribution in [2.45, 2.75) is 12.5 Å². The predicted molar refractivity (Wildman–Crippen MR) is 108 cm³/mol. The molecular formula is C20H19N3O4S. The molecular weight excluding hydrogens is 378 g/mol. The lowest BCUT2D eigenvalue weighted by Crippen LogP contribution is -2.35.